The smallest absolute Gasteiger partial charge is 0.123 e. The van der Waals surface area contributed by atoms with Gasteiger partial charge in [0.25, 0.3) is 0 Å². The zero-order valence-electron chi connectivity index (χ0n) is 13.2. The molecule has 0 spiro atoms. The average Bonchev–Trinajstić information content (AvgIpc) is 2.49. The van der Waals surface area contributed by atoms with Gasteiger partial charge in [-0.3, -0.25) is 0 Å². The molecule has 0 aliphatic heterocycles. The Balaban J connectivity index is 2.13. The number of nitrogens with two attached hydrogens (primary N) is 1. The van der Waals surface area contributed by atoms with Gasteiger partial charge in [0, 0.05) is 18.4 Å². The zero-order valence-corrected chi connectivity index (χ0v) is 13.2. The summed E-state index contributed by atoms with van der Waals surface area (Å²) in [5.74, 6) is 0.529. The first-order valence-corrected chi connectivity index (χ1v) is 8.09. The molecule has 21 heavy (non-hydrogen) atoms. The van der Waals surface area contributed by atoms with E-state index in [0.29, 0.717) is 13.0 Å². The SMILES string of the molecule is CCC1CCC(CN)(C(C)(O)Cc2ccc(F)cc2)CC1. The van der Waals surface area contributed by atoms with Gasteiger partial charge >= 0.3 is 0 Å². The third-order valence-electron chi connectivity index (χ3n) is 5.63. The highest BCUT2D eigenvalue weighted by Gasteiger charge is 2.47. The van der Waals surface area contributed by atoms with E-state index in [2.05, 4.69) is 6.92 Å². The van der Waals surface area contributed by atoms with E-state index in [0.717, 1.165) is 37.2 Å². The van der Waals surface area contributed by atoms with Crippen molar-refractivity contribution in [2.24, 2.45) is 17.1 Å². The fraction of sp³-hybridized carbons (Fsp3) is 0.667. The average molecular weight is 293 g/mol. The first-order chi connectivity index (χ1) is 9.92. The van der Waals surface area contributed by atoms with Crippen molar-refractivity contribution in [2.75, 3.05) is 6.54 Å². The lowest BCUT2D eigenvalue weighted by Gasteiger charge is -2.49. The van der Waals surface area contributed by atoms with Crippen LogP contribution in [0.1, 0.15) is 51.5 Å². The van der Waals surface area contributed by atoms with Gasteiger partial charge in [0.05, 0.1) is 5.60 Å². The summed E-state index contributed by atoms with van der Waals surface area (Å²) in [7, 11) is 0. The van der Waals surface area contributed by atoms with Gasteiger partial charge in [-0.05, 0) is 56.2 Å². The molecule has 3 N–H and O–H groups in total. The molecule has 0 bridgehead atoms. The second-order valence-electron chi connectivity index (χ2n) is 6.91. The summed E-state index contributed by atoms with van der Waals surface area (Å²) >= 11 is 0. The highest BCUT2D eigenvalue weighted by atomic mass is 19.1. The molecule has 2 nitrogen and oxygen atoms in total. The first kappa shape index (κ1) is 16.4. The quantitative estimate of drug-likeness (QED) is 0.870. The monoisotopic (exact) mass is 293 g/mol. The minimum atomic E-state index is -0.849. The number of aliphatic hydroxyl groups is 1. The van der Waals surface area contributed by atoms with Gasteiger partial charge in [-0.25, -0.2) is 4.39 Å². The van der Waals surface area contributed by atoms with Crippen LogP contribution in [-0.4, -0.2) is 17.3 Å². The minimum absolute atomic E-state index is 0.215. The van der Waals surface area contributed by atoms with Crippen LogP contribution in [0.4, 0.5) is 4.39 Å². The van der Waals surface area contributed by atoms with Crippen LogP contribution in [0.25, 0.3) is 0 Å². The maximum atomic E-state index is 13.0. The highest BCUT2D eigenvalue weighted by molar-refractivity contribution is 5.19. The van der Waals surface area contributed by atoms with Crippen molar-refractivity contribution in [2.45, 2.75) is 58.0 Å². The van der Waals surface area contributed by atoms with E-state index >= 15 is 0 Å². The lowest BCUT2D eigenvalue weighted by atomic mass is 9.60. The third kappa shape index (κ3) is 3.46. The van der Waals surface area contributed by atoms with Crippen molar-refractivity contribution in [3.63, 3.8) is 0 Å². The molecular formula is C18H28FNO. The van der Waals surface area contributed by atoms with E-state index in [1.54, 1.807) is 12.1 Å². The maximum absolute atomic E-state index is 13.0. The molecule has 118 valence electrons. The Morgan fingerprint density at radius 2 is 1.86 bits per heavy atom. The molecule has 1 aromatic rings. The Bertz CT molecular complexity index is 447. The molecule has 0 heterocycles. The molecule has 0 aromatic heterocycles. The van der Waals surface area contributed by atoms with Crippen molar-refractivity contribution < 1.29 is 9.50 Å². The Hall–Kier alpha value is -0.930. The number of benzene rings is 1. The van der Waals surface area contributed by atoms with E-state index in [9.17, 15) is 9.50 Å². The molecule has 2 rings (SSSR count). The van der Waals surface area contributed by atoms with Crippen LogP contribution in [0.3, 0.4) is 0 Å². The van der Waals surface area contributed by atoms with Crippen LogP contribution in [0.5, 0.6) is 0 Å². The molecule has 3 heteroatoms. The summed E-state index contributed by atoms with van der Waals surface area (Å²) in [4.78, 5) is 0. The molecule has 0 amide bonds. The predicted octanol–water partition coefficient (Wildman–Crippen LogP) is 3.66. The lowest BCUT2D eigenvalue weighted by molar-refractivity contribution is -0.0912. The molecule has 1 saturated carbocycles. The maximum Gasteiger partial charge on any atom is 0.123 e. The Labute approximate surface area is 127 Å². The van der Waals surface area contributed by atoms with E-state index in [1.807, 2.05) is 6.92 Å². The normalized spacial score (nSPS) is 29.1. The summed E-state index contributed by atoms with van der Waals surface area (Å²) in [6.45, 7) is 4.64. The fourth-order valence-electron chi connectivity index (χ4n) is 3.79. The van der Waals surface area contributed by atoms with E-state index in [1.165, 1.54) is 18.6 Å². The first-order valence-electron chi connectivity index (χ1n) is 8.09. The molecular weight excluding hydrogens is 265 g/mol. The van der Waals surface area contributed by atoms with Crippen LogP contribution >= 0.6 is 0 Å². The topological polar surface area (TPSA) is 46.2 Å². The van der Waals surface area contributed by atoms with Crippen LogP contribution in [0, 0.1) is 17.2 Å². The second kappa shape index (κ2) is 6.45. The van der Waals surface area contributed by atoms with Crippen LogP contribution in [0.15, 0.2) is 24.3 Å². The van der Waals surface area contributed by atoms with Gasteiger partial charge < -0.3 is 10.8 Å². The Morgan fingerprint density at radius 1 is 1.29 bits per heavy atom. The van der Waals surface area contributed by atoms with Gasteiger partial charge in [-0.2, -0.15) is 0 Å². The molecule has 1 atom stereocenters. The van der Waals surface area contributed by atoms with Gasteiger partial charge in [-0.15, -0.1) is 0 Å². The largest absolute Gasteiger partial charge is 0.389 e. The molecule has 1 unspecified atom stereocenters. The lowest BCUT2D eigenvalue weighted by Crippen LogP contribution is -2.53. The number of halogens is 1. The van der Waals surface area contributed by atoms with Crippen molar-refractivity contribution in [3.05, 3.63) is 35.6 Å². The van der Waals surface area contributed by atoms with Crippen molar-refractivity contribution in [1.82, 2.24) is 0 Å². The third-order valence-corrected chi connectivity index (χ3v) is 5.63. The Morgan fingerprint density at radius 3 is 2.33 bits per heavy atom. The van der Waals surface area contributed by atoms with Crippen molar-refractivity contribution in [1.29, 1.82) is 0 Å². The molecule has 1 aliphatic carbocycles. The van der Waals surface area contributed by atoms with E-state index in [4.69, 9.17) is 5.73 Å². The van der Waals surface area contributed by atoms with Gasteiger partial charge in [-0.1, -0.05) is 25.5 Å². The van der Waals surface area contributed by atoms with Crippen molar-refractivity contribution in [3.8, 4) is 0 Å². The summed E-state index contributed by atoms with van der Waals surface area (Å²) < 4.78 is 13.0. The van der Waals surface area contributed by atoms with Gasteiger partial charge in [0.2, 0.25) is 0 Å². The van der Waals surface area contributed by atoms with Gasteiger partial charge in [0.1, 0.15) is 5.82 Å². The predicted molar refractivity (Wildman–Crippen MR) is 84.5 cm³/mol. The number of hydrogen-bond acceptors (Lipinski definition) is 2. The molecule has 1 fully saturated rings. The number of hydrogen-bond donors (Lipinski definition) is 2. The Kier molecular flexibility index (Phi) is 5.05. The molecule has 1 aromatic carbocycles. The summed E-state index contributed by atoms with van der Waals surface area (Å²) in [5, 5.41) is 11.1. The number of rotatable bonds is 5. The van der Waals surface area contributed by atoms with Crippen LogP contribution < -0.4 is 5.73 Å². The molecule has 0 saturated heterocycles. The molecule has 0 radical (unpaired) electrons. The van der Waals surface area contributed by atoms with E-state index in [-0.39, 0.29) is 11.2 Å². The van der Waals surface area contributed by atoms with Crippen molar-refractivity contribution >= 4 is 0 Å². The fourth-order valence-corrected chi connectivity index (χ4v) is 3.79. The molecule has 1 aliphatic rings. The van der Waals surface area contributed by atoms with Crippen LogP contribution in [-0.2, 0) is 6.42 Å². The highest BCUT2D eigenvalue weighted by Crippen LogP contribution is 2.47. The van der Waals surface area contributed by atoms with Crippen LogP contribution in [0.2, 0.25) is 0 Å². The second-order valence-corrected chi connectivity index (χ2v) is 6.91. The standard InChI is InChI=1S/C18H28FNO/c1-3-14-8-10-18(13-20,11-9-14)17(2,21)12-15-4-6-16(19)7-5-15/h4-7,14,21H,3,8-13,20H2,1-2H3. The van der Waals surface area contributed by atoms with Gasteiger partial charge in [0.15, 0.2) is 0 Å². The summed E-state index contributed by atoms with van der Waals surface area (Å²) in [5.41, 5.74) is 5.97. The summed E-state index contributed by atoms with van der Waals surface area (Å²) in [6, 6.07) is 6.42. The minimum Gasteiger partial charge on any atom is -0.389 e. The zero-order chi connectivity index (χ0) is 15.5. The van der Waals surface area contributed by atoms with E-state index < -0.39 is 5.60 Å². The summed E-state index contributed by atoms with van der Waals surface area (Å²) in [6.07, 6.45) is 6.00.